The largest absolute Gasteiger partial charge is 0.486 e. The molecule has 0 radical (unpaired) electrons. The molecule has 10 heteroatoms. The Morgan fingerprint density at radius 2 is 1.93 bits per heavy atom. The number of carbonyl (C=O) groups excluding carboxylic acids is 3. The van der Waals surface area contributed by atoms with E-state index in [4.69, 9.17) is 27.9 Å². The van der Waals surface area contributed by atoms with Gasteiger partial charge in [-0.3, -0.25) is 9.59 Å². The molecule has 2 aromatic rings. The van der Waals surface area contributed by atoms with Crippen LogP contribution in [0.25, 0.3) is 6.08 Å². The SMILES string of the molecule is COC(=O)CN1C(=O)N/C(=C/c2cc(Cl)c(OCc3ccccc3Cl)c(Br)c2)C1=O. The van der Waals surface area contributed by atoms with Crippen LogP contribution in [-0.2, 0) is 20.9 Å². The first-order chi connectivity index (χ1) is 14.3. The maximum absolute atomic E-state index is 12.4. The number of rotatable bonds is 6. The molecule has 3 rings (SSSR count). The molecule has 2 aromatic carbocycles. The molecule has 0 spiro atoms. The highest BCUT2D eigenvalue weighted by molar-refractivity contribution is 9.10. The highest BCUT2D eigenvalue weighted by atomic mass is 79.9. The average Bonchev–Trinajstić information content (AvgIpc) is 2.95. The fourth-order valence-corrected chi connectivity index (χ4v) is 3.82. The Hall–Kier alpha value is -2.55. The van der Waals surface area contributed by atoms with Gasteiger partial charge in [0.05, 0.1) is 16.6 Å². The smallest absolute Gasteiger partial charge is 0.329 e. The summed E-state index contributed by atoms with van der Waals surface area (Å²) in [5, 5.41) is 3.30. The molecule has 1 aliphatic rings. The molecule has 1 N–H and O–H groups in total. The number of esters is 1. The zero-order chi connectivity index (χ0) is 21.8. The van der Waals surface area contributed by atoms with Crippen LogP contribution in [0.5, 0.6) is 5.75 Å². The lowest BCUT2D eigenvalue weighted by Gasteiger charge is -2.12. The van der Waals surface area contributed by atoms with Crippen LogP contribution < -0.4 is 10.1 Å². The van der Waals surface area contributed by atoms with Crippen LogP contribution in [0.1, 0.15) is 11.1 Å². The first-order valence-corrected chi connectivity index (χ1v) is 10.1. The fourth-order valence-electron chi connectivity index (χ4n) is 2.64. The predicted octanol–water partition coefficient (Wildman–Crippen LogP) is 4.40. The topological polar surface area (TPSA) is 84.9 Å². The van der Waals surface area contributed by atoms with Gasteiger partial charge >= 0.3 is 12.0 Å². The van der Waals surface area contributed by atoms with Crippen molar-refractivity contribution in [2.24, 2.45) is 0 Å². The van der Waals surface area contributed by atoms with Gasteiger partial charge < -0.3 is 14.8 Å². The molecule has 0 saturated carbocycles. The van der Waals surface area contributed by atoms with Crippen LogP contribution >= 0.6 is 39.1 Å². The van der Waals surface area contributed by atoms with Crippen molar-refractivity contribution in [2.75, 3.05) is 13.7 Å². The van der Waals surface area contributed by atoms with Crippen LogP contribution in [-0.4, -0.2) is 36.5 Å². The van der Waals surface area contributed by atoms with Crippen molar-refractivity contribution in [3.8, 4) is 5.75 Å². The van der Waals surface area contributed by atoms with Crippen LogP contribution in [0.2, 0.25) is 10.0 Å². The summed E-state index contributed by atoms with van der Waals surface area (Å²) in [6.07, 6.45) is 1.45. The number of imide groups is 1. The molecule has 0 unspecified atom stereocenters. The third kappa shape index (κ3) is 4.95. The van der Waals surface area contributed by atoms with Crippen LogP contribution in [0.4, 0.5) is 4.79 Å². The summed E-state index contributed by atoms with van der Waals surface area (Å²) in [6.45, 7) is -0.257. The van der Waals surface area contributed by atoms with Gasteiger partial charge in [0.1, 0.15) is 18.8 Å². The van der Waals surface area contributed by atoms with Gasteiger partial charge in [-0.2, -0.15) is 0 Å². The van der Waals surface area contributed by atoms with E-state index in [1.54, 1.807) is 18.2 Å². The van der Waals surface area contributed by atoms with E-state index in [0.29, 0.717) is 25.8 Å². The van der Waals surface area contributed by atoms with E-state index < -0.39 is 24.5 Å². The average molecular weight is 514 g/mol. The van der Waals surface area contributed by atoms with Crippen LogP contribution in [0, 0.1) is 0 Å². The zero-order valence-electron chi connectivity index (χ0n) is 15.6. The molecule has 0 bridgehead atoms. The van der Waals surface area contributed by atoms with Gasteiger partial charge in [-0.1, -0.05) is 41.4 Å². The van der Waals surface area contributed by atoms with Crippen molar-refractivity contribution in [1.29, 1.82) is 0 Å². The number of halogens is 3. The summed E-state index contributed by atoms with van der Waals surface area (Å²) in [7, 11) is 1.17. The van der Waals surface area contributed by atoms with Crippen molar-refractivity contribution in [3.05, 3.63) is 67.7 Å². The Morgan fingerprint density at radius 3 is 2.60 bits per heavy atom. The molecule has 30 heavy (non-hydrogen) atoms. The number of nitrogens with one attached hydrogen (secondary N) is 1. The fraction of sp³-hybridized carbons (Fsp3) is 0.150. The number of carbonyl (C=O) groups is 3. The van der Waals surface area contributed by atoms with Crippen molar-refractivity contribution in [3.63, 3.8) is 0 Å². The van der Waals surface area contributed by atoms with E-state index in [-0.39, 0.29) is 12.3 Å². The molecule has 156 valence electrons. The minimum absolute atomic E-state index is 0.0107. The monoisotopic (exact) mass is 512 g/mol. The molecule has 0 atom stereocenters. The van der Waals surface area contributed by atoms with E-state index in [9.17, 15) is 14.4 Å². The lowest BCUT2D eigenvalue weighted by molar-refractivity contribution is -0.143. The summed E-state index contributed by atoms with van der Waals surface area (Å²) in [5.41, 5.74) is 1.36. The van der Waals surface area contributed by atoms with E-state index in [1.165, 1.54) is 13.2 Å². The van der Waals surface area contributed by atoms with E-state index in [2.05, 4.69) is 26.0 Å². The second-order valence-electron chi connectivity index (χ2n) is 6.15. The number of methoxy groups -OCH3 is 1. The molecule has 1 aliphatic heterocycles. The highest BCUT2D eigenvalue weighted by Crippen LogP contribution is 2.36. The summed E-state index contributed by atoms with van der Waals surface area (Å²) in [6, 6.07) is 9.85. The predicted molar refractivity (Wildman–Crippen MR) is 115 cm³/mol. The van der Waals surface area contributed by atoms with Crippen molar-refractivity contribution in [2.45, 2.75) is 6.61 Å². The Labute approximate surface area is 190 Å². The number of benzene rings is 2. The van der Waals surface area contributed by atoms with Gasteiger partial charge in [-0.25, -0.2) is 9.69 Å². The van der Waals surface area contributed by atoms with Crippen LogP contribution in [0.3, 0.4) is 0 Å². The Kier molecular flexibility index (Phi) is 7.02. The van der Waals surface area contributed by atoms with Crippen LogP contribution in [0.15, 0.2) is 46.6 Å². The first-order valence-electron chi connectivity index (χ1n) is 8.56. The molecule has 3 amide bonds. The molecule has 1 heterocycles. The van der Waals surface area contributed by atoms with E-state index >= 15 is 0 Å². The number of hydrogen-bond acceptors (Lipinski definition) is 5. The Balaban J connectivity index is 1.78. The number of hydrogen-bond donors (Lipinski definition) is 1. The van der Waals surface area contributed by atoms with E-state index in [0.717, 1.165) is 10.5 Å². The minimum Gasteiger partial charge on any atom is -0.486 e. The Morgan fingerprint density at radius 1 is 1.20 bits per heavy atom. The molecular formula is C20H15BrCl2N2O5. The normalized spacial score (nSPS) is 14.8. The molecule has 1 fully saturated rings. The molecule has 7 nitrogen and oxygen atoms in total. The van der Waals surface area contributed by atoms with Gasteiger partial charge in [0.2, 0.25) is 0 Å². The Bertz CT molecular complexity index is 1030. The van der Waals surface area contributed by atoms with Gasteiger partial charge in [0.25, 0.3) is 5.91 Å². The number of urea groups is 1. The summed E-state index contributed by atoms with van der Waals surface area (Å²) < 4.78 is 10.8. The van der Waals surface area contributed by atoms with Gasteiger partial charge in [0.15, 0.2) is 5.75 Å². The minimum atomic E-state index is -0.707. The summed E-state index contributed by atoms with van der Waals surface area (Å²) in [5.74, 6) is -0.935. The lowest BCUT2D eigenvalue weighted by Crippen LogP contribution is -2.36. The second kappa shape index (κ2) is 9.51. The molecule has 0 aliphatic carbocycles. The van der Waals surface area contributed by atoms with Crippen molar-refractivity contribution >= 4 is 63.1 Å². The third-order valence-electron chi connectivity index (χ3n) is 4.14. The summed E-state index contributed by atoms with van der Waals surface area (Å²) in [4.78, 5) is 36.5. The molecular weight excluding hydrogens is 499 g/mol. The quantitative estimate of drug-likeness (QED) is 0.351. The van der Waals surface area contributed by atoms with Crippen molar-refractivity contribution < 1.29 is 23.9 Å². The molecule has 0 aromatic heterocycles. The van der Waals surface area contributed by atoms with Gasteiger partial charge in [-0.05, 0) is 45.8 Å². The lowest BCUT2D eigenvalue weighted by atomic mass is 10.1. The van der Waals surface area contributed by atoms with Crippen molar-refractivity contribution in [1.82, 2.24) is 10.2 Å². The molecule has 1 saturated heterocycles. The highest BCUT2D eigenvalue weighted by Gasteiger charge is 2.35. The second-order valence-corrected chi connectivity index (χ2v) is 7.82. The standard InChI is InChI=1S/C20H15BrCl2N2O5/c1-29-17(26)9-25-19(27)16(24-20(25)28)8-11-6-13(21)18(15(23)7-11)30-10-12-4-2-3-5-14(12)22/h2-8H,9-10H2,1H3,(H,24,28)/b16-8+. The number of ether oxygens (including phenoxy) is 2. The first kappa shape index (κ1) is 22.1. The number of nitrogens with zero attached hydrogens (tertiary/aromatic N) is 1. The van der Waals surface area contributed by atoms with Gasteiger partial charge in [0, 0.05) is 10.6 Å². The number of amides is 3. The zero-order valence-corrected chi connectivity index (χ0v) is 18.7. The third-order valence-corrected chi connectivity index (χ3v) is 5.38. The van der Waals surface area contributed by atoms with Gasteiger partial charge in [-0.15, -0.1) is 0 Å². The summed E-state index contributed by atoms with van der Waals surface area (Å²) >= 11 is 15.9. The maximum atomic E-state index is 12.4. The maximum Gasteiger partial charge on any atom is 0.329 e. The van der Waals surface area contributed by atoms with E-state index in [1.807, 2.05) is 18.2 Å².